The molecule has 43 heavy (non-hydrogen) atoms. The molecule has 14 heteroatoms. The molecule has 4 heterocycles. The van der Waals surface area contributed by atoms with Crippen LogP contribution in [0.3, 0.4) is 0 Å². The fourth-order valence-corrected chi connectivity index (χ4v) is 7.13. The Kier molecular flexibility index (Phi) is 10.2. The molecule has 4 rings (SSSR count). The molecule has 2 aliphatic rings. The first-order valence-electron chi connectivity index (χ1n) is 15.1. The van der Waals surface area contributed by atoms with Crippen LogP contribution in [0.5, 0.6) is 5.88 Å². The van der Waals surface area contributed by atoms with Crippen molar-refractivity contribution in [3.63, 3.8) is 0 Å². The van der Waals surface area contributed by atoms with Crippen LogP contribution in [0.2, 0.25) is 0 Å². The molecule has 1 unspecified atom stereocenters. The summed E-state index contributed by atoms with van der Waals surface area (Å²) in [5.41, 5.74) is -0.0493. The molecule has 3 atom stereocenters. The average molecular weight is 622 g/mol. The third-order valence-electron chi connectivity index (χ3n) is 7.87. The Hall–Kier alpha value is -2.97. The molecule has 2 fully saturated rings. The van der Waals surface area contributed by atoms with Crippen LogP contribution in [-0.4, -0.2) is 94.9 Å². The summed E-state index contributed by atoms with van der Waals surface area (Å²) in [6.45, 7) is 14.7. The monoisotopic (exact) mass is 621 g/mol. The number of ether oxygens (including phenoxy) is 3. The lowest BCUT2D eigenvalue weighted by Crippen LogP contribution is -2.56. The van der Waals surface area contributed by atoms with Crippen LogP contribution < -0.4 is 15.0 Å². The first-order chi connectivity index (χ1) is 20.2. The van der Waals surface area contributed by atoms with E-state index in [0.29, 0.717) is 67.7 Å². The lowest BCUT2D eigenvalue weighted by molar-refractivity contribution is -0.0514. The standard InChI is InChI=1S/C29H47N7O6S/c1-9-21-13-23(14-22(10-2)36(21)43(38,39)11-3)34(8)27-31-24(15-26(32-27)41-18-20-16-40-17-20)30-25-12-19(4)35(33-25)28(37)42-29(5,6)7/h12,15,20-23H,9-11,13-14,16-18H2,1-8H3,(H,30,31,32,33)/t21-,22+,23?. The number of hydrogen-bond donors (Lipinski definition) is 1. The molecule has 1 N–H and O–H groups in total. The van der Waals surface area contributed by atoms with Gasteiger partial charge in [-0.1, -0.05) is 13.8 Å². The SMILES string of the molecule is CC[C@@H]1CC(N(C)c2nc(Nc3cc(C)n(C(=O)OC(C)(C)C)n3)cc(OCC3COC3)n2)C[C@H](CC)N1S(=O)(=O)CC. The van der Waals surface area contributed by atoms with Crippen molar-refractivity contribution in [3.8, 4) is 5.88 Å². The van der Waals surface area contributed by atoms with Gasteiger partial charge in [0, 0.05) is 48.9 Å². The molecule has 2 aromatic rings. The van der Waals surface area contributed by atoms with Crippen molar-refractivity contribution >= 4 is 33.7 Å². The molecule has 2 aromatic heterocycles. The quantitative estimate of drug-likeness (QED) is 0.383. The number of aryl methyl sites for hydroxylation is 1. The first kappa shape index (κ1) is 32.9. The van der Waals surface area contributed by atoms with Gasteiger partial charge in [0.25, 0.3) is 0 Å². The summed E-state index contributed by atoms with van der Waals surface area (Å²) in [6.07, 6.45) is 2.21. The summed E-state index contributed by atoms with van der Waals surface area (Å²) in [7, 11) is -1.39. The van der Waals surface area contributed by atoms with Crippen LogP contribution in [0.25, 0.3) is 0 Å². The summed E-state index contributed by atoms with van der Waals surface area (Å²) < 4.78 is 45.8. The van der Waals surface area contributed by atoms with Gasteiger partial charge in [0.2, 0.25) is 21.9 Å². The minimum Gasteiger partial charge on any atom is -0.477 e. The summed E-state index contributed by atoms with van der Waals surface area (Å²) in [6, 6.07) is 3.26. The van der Waals surface area contributed by atoms with Gasteiger partial charge >= 0.3 is 6.09 Å². The van der Waals surface area contributed by atoms with Crippen LogP contribution in [0.15, 0.2) is 12.1 Å². The van der Waals surface area contributed by atoms with E-state index in [1.165, 1.54) is 4.68 Å². The minimum absolute atomic E-state index is 0.0231. The van der Waals surface area contributed by atoms with Gasteiger partial charge in [0.05, 0.1) is 25.6 Å². The van der Waals surface area contributed by atoms with Gasteiger partial charge in [-0.05, 0) is 60.3 Å². The topological polar surface area (TPSA) is 141 Å². The number of sulfonamides is 1. The largest absolute Gasteiger partial charge is 0.477 e. The number of aromatic nitrogens is 4. The van der Waals surface area contributed by atoms with E-state index in [1.54, 1.807) is 51.1 Å². The summed E-state index contributed by atoms with van der Waals surface area (Å²) >= 11 is 0. The van der Waals surface area contributed by atoms with E-state index in [1.807, 2.05) is 25.8 Å². The number of piperidine rings is 1. The fourth-order valence-electron chi connectivity index (χ4n) is 5.46. The molecule has 0 saturated carbocycles. The fraction of sp³-hybridized carbons (Fsp3) is 0.724. The van der Waals surface area contributed by atoms with E-state index >= 15 is 0 Å². The molecular formula is C29H47N7O6S. The van der Waals surface area contributed by atoms with Crippen molar-refractivity contribution in [3.05, 3.63) is 17.8 Å². The Morgan fingerprint density at radius 3 is 2.28 bits per heavy atom. The van der Waals surface area contributed by atoms with E-state index < -0.39 is 21.7 Å². The maximum atomic E-state index is 13.0. The lowest BCUT2D eigenvalue weighted by Gasteiger charge is -2.46. The van der Waals surface area contributed by atoms with E-state index in [2.05, 4.69) is 10.4 Å². The highest BCUT2D eigenvalue weighted by Gasteiger charge is 2.41. The van der Waals surface area contributed by atoms with Crippen LogP contribution >= 0.6 is 0 Å². The minimum atomic E-state index is -3.33. The highest BCUT2D eigenvalue weighted by atomic mass is 32.2. The van der Waals surface area contributed by atoms with E-state index in [9.17, 15) is 13.2 Å². The Labute approximate surface area is 255 Å². The number of hydrogen-bond acceptors (Lipinski definition) is 11. The van der Waals surface area contributed by atoms with Crippen molar-refractivity contribution in [1.29, 1.82) is 0 Å². The van der Waals surface area contributed by atoms with Gasteiger partial charge < -0.3 is 24.4 Å². The summed E-state index contributed by atoms with van der Waals surface area (Å²) in [5, 5.41) is 7.60. The zero-order valence-corrected chi connectivity index (χ0v) is 27.5. The molecule has 0 radical (unpaired) electrons. The molecule has 13 nitrogen and oxygen atoms in total. The van der Waals surface area contributed by atoms with E-state index in [0.717, 1.165) is 12.8 Å². The predicted molar refractivity (Wildman–Crippen MR) is 165 cm³/mol. The molecule has 0 amide bonds. The second-order valence-corrected chi connectivity index (χ2v) is 14.5. The predicted octanol–water partition coefficient (Wildman–Crippen LogP) is 4.34. The van der Waals surface area contributed by atoms with Crippen molar-refractivity contribution in [2.75, 3.05) is 42.8 Å². The molecule has 0 aromatic carbocycles. The van der Waals surface area contributed by atoms with Crippen molar-refractivity contribution in [1.82, 2.24) is 24.1 Å². The third kappa shape index (κ3) is 7.95. The molecule has 2 aliphatic heterocycles. The molecule has 0 aliphatic carbocycles. The van der Waals surface area contributed by atoms with Gasteiger partial charge in [0.1, 0.15) is 11.4 Å². The van der Waals surface area contributed by atoms with E-state index in [-0.39, 0.29) is 23.9 Å². The van der Waals surface area contributed by atoms with Gasteiger partial charge in [-0.3, -0.25) is 0 Å². The van der Waals surface area contributed by atoms with Crippen molar-refractivity contribution in [2.24, 2.45) is 5.92 Å². The van der Waals surface area contributed by atoms with Crippen LogP contribution in [0, 0.1) is 12.8 Å². The normalized spacial score (nSPS) is 21.7. The highest BCUT2D eigenvalue weighted by molar-refractivity contribution is 7.89. The Morgan fingerprint density at radius 1 is 1.09 bits per heavy atom. The van der Waals surface area contributed by atoms with Crippen LogP contribution in [0.1, 0.15) is 72.9 Å². The van der Waals surface area contributed by atoms with Gasteiger partial charge in [-0.2, -0.15) is 19.0 Å². The van der Waals surface area contributed by atoms with Crippen LogP contribution in [-0.2, 0) is 19.5 Å². The number of anilines is 3. The second kappa shape index (κ2) is 13.3. The van der Waals surface area contributed by atoms with Crippen molar-refractivity contribution < 1.29 is 27.4 Å². The lowest BCUT2D eigenvalue weighted by atomic mass is 9.90. The average Bonchev–Trinajstić information content (AvgIpc) is 3.29. The van der Waals surface area contributed by atoms with E-state index in [4.69, 9.17) is 24.2 Å². The number of rotatable bonds is 11. The highest BCUT2D eigenvalue weighted by Crippen LogP contribution is 2.34. The smallest absolute Gasteiger partial charge is 0.435 e. The number of nitrogens with one attached hydrogen (secondary N) is 1. The molecule has 0 spiro atoms. The maximum Gasteiger partial charge on any atom is 0.435 e. The molecule has 2 saturated heterocycles. The zero-order chi connectivity index (χ0) is 31.5. The molecular weight excluding hydrogens is 574 g/mol. The Balaban J connectivity index is 1.60. The van der Waals surface area contributed by atoms with Gasteiger partial charge in [0.15, 0.2) is 5.82 Å². The Bertz CT molecular complexity index is 1360. The molecule has 0 bridgehead atoms. The Morgan fingerprint density at radius 2 is 1.74 bits per heavy atom. The van der Waals surface area contributed by atoms with Crippen molar-refractivity contribution in [2.45, 2.75) is 97.9 Å². The van der Waals surface area contributed by atoms with Gasteiger partial charge in [-0.15, -0.1) is 5.10 Å². The first-order valence-corrected chi connectivity index (χ1v) is 16.8. The number of carbonyl (C=O) groups is 1. The number of carbonyl (C=O) groups excluding carboxylic acids is 1. The second-order valence-electron chi connectivity index (χ2n) is 12.4. The zero-order valence-electron chi connectivity index (χ0n) is 26.7. The summed E-state index contributed by atoms with van der Waals surface area (Å²) in [5.74, 6) is 2.13. The third-order valence-corrected chi connectivity index (χ3v) is 9.84. The molecule has 240 valence electrons. The summed E-state index contributed by atoms with van der Waals surface area (Å²) in [4.78, 5) is 24.2. The van der Waals surface area contributed by atoms with Gasteiger partial charge in [-0.25, -0.2) is 13.2 Å². The van der Waals surface area contributed by atoms with Crippen LogP contribution in [0.4, 0.5) is 22.4 Å². The maximum absolute atomic E-state index is 13.0. The number of nitrogens with zero attached hydrogens (tertiary/aromatic N) is 6.